The molecule has 0 heterocycles. The lowest BCUT2D eigenvalue weighted by Crippen LogP contribution is -2.39. The highest BCUT2D eigenvalue weighted by atomic mass is 16.5. The average molecular weight is 347 g/mol. The standard InChI is InChI=1S/C23H25NO2/c1-4-22(23(25)24-17(3)18-11-9-16(2)10-12-18)26-21-14-13-19-7-5-6-8-20(19)15-21/h5-15,17,22H,4H2,1-3H3,(H,24,25)/t17-,22-/m1/s1. The lowest BCUT2D eigenvalue weighted by atomic mass is 10.1. The van der Waals surface area contributed by atoms with E-state index in [2.05, 4.69) is 30.4 Å². The second-order valence-corrected chi connectivity index (χ2v) is 6.66. The summed E-state index contributed by atoms with van der Waals surface area (Å²) < 4.78 is 5.98. The Morgan fingerprint density at radius 3 is 2.38 bits per heavy atom. The fraction of sp³-hybridized carbons (Fsp3) is 0.261. The number of carbonyl (C=O) groups excluding carboxylic acids is 1. The molecule has 0 saturated carbocycles. The summed E-state index contributed by atoms with van der Waals surface area (Å²) in [6.45, 7) is 6.00. The molecule has 0 aliphatic heterocycles. The highest BCUT2D eigenvalue weighted by molar-refractivity contribution is 5.84. The van der Waals surface area contributed by atoms with Crippen molar-refractivity contribution in [2.24, 2.45) is 0 Å². The summed E-state index contributed by atoms with van der Waals surface area (Å²) in [7, 11) is 0. The topological polar surface area (TPSA) is 38.3 Å². The van der Waals surface area contributed by atoms with Crippen LogP contribution in [0.1, 0.15) is 37.4 Å². The average Bonchev–Trinajstić information content (AvgIpc) is 2.66. The number of amides is 1. The van der Waals surface area contributed by atoms with Gasteiger partial charge in [0.25, 0.3) is 5.91 Å². The van der Waals surface area contributed by atoms with E-state index in [-0.39, 0.29) is 11.9 Å². The molecular formula is C23H25NO2. The second kappa shape index (κ2) is 8.05. The Balaban J connectivity index is 1.68. The van der Waals surface area contributed by atoms with Gasteiger partial charge in [-0.1, -0.05) is 67.1 Å². The molecule has 0 radical (unpaired) electrons. The number of nitrogens with one attached hydrogen (secondary N) is 1. The van der Waals surface area contributed by atoms with Gasteiger partial charge in [0, 0.05) is 0 Å². The summed E-state index contributed by atoms with van der Waals surface area (Å²) in [5.41, 5.74) is 2.29. The molecular weight excluding hydrogens is 322 g/mol. The van der Waals surface area contributed by atoms with E-state index >= 15 is 0 Å². The second-order valence-electron chi connectivity index (χ2n) is 6.66. The van der Waals surface area contributed by atoms with Gasteiger partial charge in [-0.25, -0.2) is 0 Å². The van der Waals surface area contributed by atoms with Gasteiger partial charge in [-0.15, -0.1) is 0 Å². The Morgan fingerprint density at radius 1 is 1.00 bits per heavy atom. The highest BCUT2D eigenvalue weighted by Gasteiger charge is 2.20. The van der Waals surface area contributed by atoms with Crippen molar-refractivity contribution < 1.29 is 9.53 Å². The van der Waals surface area contributed by atoms with E-state index in [0.29, 0.717) is 12.2 Å². The van der Waals surface area contributed by atoms with E-state index in [1.165, 1.54) is 5.56 Å². The lowest BCUT2D eigenvalue weighted by molar-refractivity contribution is -0.128. The van der Waals surface area contributed by atoms with Gasteiger partial charge >= 0.3 is 0 Å². The van der Waals surface area contributed by atoms with Crippen LogP contribution in [-0.4, -0.2) is 12.0 Å². The number of fused-ring (bicyclic) bond motifs is 1. The smallest absolute Gasteiger partial charge is 0.261 e. The molecule has 0 aromatic heterocycles. The molecule has 2 atom stereocenters. The molecule has 3 aromatic carbocycles. The van der Waals surface area contributed by atoms with Gasteiger partial charge in [-0.3, -0.25) is 4.79 Å². The Labute approximate surface area is 155 Å². The van der Waals surface area contributed by atoms with Crippen LogP contribution in [0.15, 0.2) is 66.7 Å². The number of ether oxygens (including phenoxy) is 1. The minimum atomic E-state index is -0.510. The van der Waals surface area contributed by atoms with Crippen molar-refractivity contribution in [3.63, 3.8) is 0 Å². The molecule has 3 rings (SSSR count). The van der Waals surface area contributed by atoms with E-state index in [1.807, 2.05) is 62.4 Å². The van der Waals surface area contributed by atoms with Crippen LogP contribution in [-0.2, 0) is 4.79 Å². The molecule has 0 unspecified atom stereocenters. The predicted molar refractivity (Wildman–Crippen MR) is 106 cm³/mol. The molecule has 26 heavy (non-hydrogen) atoms. The lowest BCUT2D eigenvalue weighted by Gasteiger charge is -2.21. The van der Waals surface area contributed by atoms with Gasteiger partial charge < -0.3 is 10.1 Å². The number of aryl methyl sites for hydroxylation is 1. The third-order valence-electron chi connectivity index (χ3n) is 4.60. The molecule has 3 aromatic rings. The SMILES string of the molecule is CC[C@@H](Oc1ccc2ccccc2c1)C(=O)N[C@H](C)c1ccc(C)cc1. The summed E-state index contributed by atoms with van der Waals surface area (Å²) in [6.07, 6.45) is 0.100. The zero-order valence-electron chi connectivity index (χ0n) is 15.5. The Morgan fingerprint density at radius 2 is 1.69 bits per heavy atom. The number of hydrogen-bond acceptors (Lipinski definition) is 2. The van der Waals surface area contributed by atoms with Gasteiger partial charge in [0.15, 0.2) is 6.10 Å². The van der Waals surface area contributed by atoms with Crippen molar-refractivity contribution >= 4 is 16.7 Å². The minimum Gasteiger partial charge on any atom is -0.481 e. The van der Waals surface area contributed by atoms with Crippen LogP contribution in [0.5, 0.6) is 5.75 Å². The fourth-order valence-electron chi connectivity index (χ4n) is 2.97. The van der Waals surface area contributed by atoms with Crippen LogP contribution in [0.25, 0.3) is 10.8 Å². The van der Waals surface area contributed by atoms with E-state index in [4.69, 9.17) is 4.74 Å². The normalized spacial score (nSPS) is 13.2. The van der Waals surface area contributed by atoms with E-state index in [1.54, 1.807) is 0 Å². The van der Waals surface area contributed by atoms with Crippen LogP contribution in [0.3, 0.4) is 0 Å². The van der Waals surface area contributed by atoms with Crippen LogP contribution in [0.4, 0.5) is 0 Å². The zero-order chi connectivity index (χ0) is 18.5. The van der Waals surface area contributed by atoms with E-state index < -0.39 is 6.10 Å². The molecule has 0 aliphatic carbocycles. The molecule has 0 spiro atoms. The molecule has 1 N–H and O–H groups in total. The Kier molecular flexibility index (Phi) is 5.57. The molecule has 0 aliphatic rings. The molecule has 3 heteroatoms. The fourth-order valence-corrected chi connectivity index (χ4v) is 2.97. The Bertz CT molecular complexity index is 886. The molecule has 134 valence electrons. The maximum Gasteiger partial charge on any atom is 0.261 e. The van der Waals surface area contributed by atoms with Gasteiger partial charge in [0.05, 0.1) is 6.04 Å². The van der Waals surface area contributed by atoms with Gasteiger partial charge in [-0.2, -0.15) is 0 Å². The number of benzene rings is 3. The first-order chi connectivity index (χ1) is 12.6. The summed E-state index contributed by atoms with van der Waals surface area (Å²) in [5, 5.41) is 5.32. The predicted octanol–water partition coefficient (Wildman–Crippen LogP) is 5.18. The molecule has 1 amide bonds. The summed E-state index contributed by atoms with van der Waals surface area (Å²) in [6, 6.07) is 22.2. The van der Waals surface area contributed by atoms with Crippen molar-refractivity contribution in [2.45, 2.75) is 39.3 Å². The monoisotopic (exact) mass is 347 g/mol. The van der Waals surface area contributed by atoms with E-state index in [9.17, 15) is 4.79 Å². The van der Waals surface area contributed by atoms with Crippen LogP contribution < -0.4 is 10.1 Å². The first kappa shape index (κ1) is 18.0. The first-order valence-electron chi connectivity index (χ1n) is 9.09. The largest absolute Gasteiger partial charge is 0.481 e. The third-order valence-corrected chi connectivity index (χ3v) is 4.60. The summed E-state index contributed by atoms with van der Waals surface area (Å²) in [4.78, 5) is 12.7. The van der Waals surface area contributed by atoms with Crippen molar-refractivity contribution in [3.05, 3.63) is 77.9 Å². The van der Waals surface area contributed by atoms with Gasteiger partial charge in [0.1, 0.15) is 5.75 Å². The molecule has 0 saturated heterocycles. The van der Waals surface area contributed by atoms with Crippen molar-refractivity contribution in [1.29, 1.82) is 0 Å². The third kappa shape index (κ3) is 4.23. The maximum atomic E-state index is 12.7. The number of rotatable bonds is 6. The maximum absolute atomic E-state index is 12.7. The van der Waals surface area contributed by atoms with Crippen LogP contribution in [0.2, 0.25) is 0 Å². The Hall–Kier alpha value is -2.81. The zero-order valence-corrected chi connectivity index (χ0v) is 15.5. The van der Waals surface area contributed by atoms with Crippen LogP contribution >= 0.6 is 0 Å². The van der Waals surface area contributed by atoms with Crippen molar-refractivity contribution in [2.75, 3.05) is 0 Å². The molecule has 0 bridgehead atoms. The van der Waals surface area contributed by atoms with Gasteiger partial charge in [0.2, 0.25) is 0 Å². The minimum absolute atomic E-state index is 0.0580. The van der Waals surface area contributed by atoms with Crippen molar-refractivity contribution in [3.8, 4) is 5.75 Å². The number of hydrogen-bond donors (Lipinski definition) is 1. The van der Waals surface area contributed by atoms with Crippen molar-refractivity contribution in [1.82, 2.24) is 5.32 Å². The molecule has 3 nitrogen and oxygen atoms in total. The summed E-state index contributed by atoms with van der Waals surface area (Å²) in [5.74, 6) is 0.627. The molecule has 0 fully saturated rings. The quantitative estimate of drug-likeness (QED) is 0.667. The first-order valence-corrected chi connectivity index (χ1v) is 9.09. The van der Waals surface area contributed by atoms with Crippen LogP contribution in [0, 0.1) is 6.92 Å². The van der Waals surface area contributed by atoms with E-state index in [0.717, 1.165) is 16.3 Å². The summed E-state index contributed by atoms with van der Waals surface area (Å²) >= 11 is 0. The highest BCUT2D eigenvalue weighted by Crippen LogP contribution is 2.22. The van der Waals surface area contributed by atoms with Gasteiger partial charge in [-0.05, 0) is 48.7 Å². The number of carbonyl (C=O) groups is 1.